The van der Waals surface area contributed by atoms with Gasteiger partial charge in [-0.1, -0.05) is 19.9 Å². The molecule has 0 fully saturated rings. The third-order valence-corrected chi connectivity index (χ3v) is 3.86. The SMILES string of the molecule is CC(C)[C@@H](CN[C@@H](C)CCn1cncn1)c1cccnc1. The molecule has 2 aromatic rings. The van der Waals surface area contributed by atoms with E-state index in [2.05, 4.69) is 47.2 Å². The number of rotatable bonds is 8. The monoisotopic (exact) mass is 287 g/mol. The van der Waals surface area contributed by atoms with Crippen LogP contribution in [0.2, 0.25) is 0 Å². The van der Waals surface area contributed by atoms with Gasteiger partial charge in [-0.15, -0.1) is 0 Å². The van der Waals surface area contributed by atoms with Crippen LogP contribution in [-0.4, -0.2) is 32.3 Å². The van der Waals surface area contributed by atoms with E-state index in [1.807, 2.05) is 23.1 Å². The fourth-order valence-electron chi connectivity index (χ4n) is 2.44. The summed E-state index contributed by atoms with van der Waals surface area (Å²) < 4.78 is 1.87. The third-order valence-electron chi connectivity index (χ3n) is 3.86. The van der Waals surface area contributed by atoms with Crippen LogP contribution in [0.15, 0.2) is 37.2 Å². The summed E-state index contributed by atoms with van der Waals surface area (Å²) in [4.78, 5) is 8.20. The molecule has 0 saturated heterocycles. The molecular formula is C16H25N5. The highest BCUT2D eigenvalue weighted by Gasteiger charge is 2.16. The van der Waals surface area contributed by atoms with E-state index in [-0.39, 0.29) is 0 Å². The molecule has 21 heavy (non-hydrogen) atoms. The van der Waals surface area contributed by atoms with Crippen LogP contribution in [0.4, 0.5) is 0 Å². The van der Waals surface area contributed by atoms with Gasteiger partial charge in [-0.25, -0.2) is 4.98 Å². The van der Waals surface area contributed by atoms with Crippen molar-refractivity contribution in [1.82, 2.24) is 25.1 Å². The Morgan fingerprint density at radius 1 is 1.24 bits per heavy atom. The first kappa shape index (κ1) is 15.6. The topological polar surface area (TPSA) is 55.6 Å². The predicted octanol–water partition coefficient (Wildman–Crippen LogP) is 2.48. The Hall–Kier alpha value is -1.75. The molecule has 0 amide bonds. The maximum Gasteiger partial charge on any atom is 0.137 e. The lowest BCUT2D eigenvalue weighted by atomic mass is 9.89. The Morgan fingerprint density at radius 3 is 2.71 bits per heavy atom. The Labute approximate surface area is 126 Å². The summed E-state index contributed by atoms with van der Waals surface area (Å²) in [5.74, 6) is 1.08. The molecule has 0 spiro atoms. The number of nitrogens with one attached hydrogen (secondary N) is 1. The molecular weight excluding hydrogens is 262 g/mol. The van der Waals surface area contributed by atoms with E-state index in [9.17, 15) is 0 Å². The van der Waals surface area contributed by atoms with Gasteiger partial charge in [0.25, 0.3) is 0 Å². The molecule has 2 atom stereocenters. The molecule has 0 aliphatic heterocycles. The van der Waals surface area contributed by atoms with Gasteiger partial charge in [-0.3, -0.25) is 9.67 Å². The molecule has 2 aromatic heterocycles. The van der Waals surface area contributed by atoms with Gasteiger partial charge in [-0.2, -0.15) is 5.10 Å². The summed E-state index contributed by atoms with van der Waals surface area (Å²) in [6.07, 6.45) is 8.19. The lowest BCUT2D eigenvalue weighted by Crippen LogP contribution is -2.33. The second kappa shape index (κ2) is 7.88. The summed E-state index contributed by atoms with van der Waals surface area (Å²) in [6, 6.07) is 4.63. The number of hydrogen-bond acceptors (Lipinski definition) is 4. The van der Waals surface area contributed by atoms with Crippen molar-refractivity contribution in [2.75, 3.05) is 6.54 Å². The highest BCUT2D eigenvalue weighted by molar-refractivity contribution is 5.15. The molecule has 2 heterocycles. The highest BCUT2D eigenvalue weighted by atomic mass is 15.3. The summed E-state index contributed by atoms with van der Waals surface area (Å²) >= 11 is 0. The maximum atomic E-state index is 4.24. The number of nitrogens with zero attached hydrogens (tertiary/aromatic N) is 4. The van der Waals surface area contributed by atoms with Gasteiger partial charge in [0.05, 0.1) is 0 Å². The van der Waals surface area contributed by atoms with Gasteiger partial charge >= 0.3 is 0 Å². The van der Waals surface area contributed by atoms with Crippen molar-refractivity contribution < 1.29 is 0 Å². The van der Waals surface area contributed by atoms with Crippen molar-refractivity contribution in [1.29, 1.82) is 0 Å². The van der Waals surface area contributed by atoms with Crippen molar-refractivity contribution in [3.8, 4) is 0 Å². The van der Waals surface area contributed by atoms with Crippen molar-refractivity contribution in [3.63, 3.8) is 0 Å². The van der Waals surface area contributed by atoms with Crippen LogP contribution >= 0.6 is 0 Å². The smallest absolute Gasteiger partial charge is 0.137 e. The lowest BCUT2D eigenvalue weighted by molar-refractivity contribution is 0.403. The van der Waals surface area contributed by atoms with Crippen LogP contribution in [-0.2, 0) is 6.54 Å². The molecule has 5 nitrogen and oxygen atoms in total. The summed E-state index contributed by atoms with van der Waals surface area (Å²) in [6.45, 7) is 8.62. The van der Waals surface area contributed by atoms with Crippen LogP contribution in [0.25, 0.3) is 0 Å². The zero-order chi connectivity index (χ0) is 15.1. The molecule has 0 aliphatic carbocycles. The fraction of sp³-hybridized carbons (Fsp3) is 0.562. The third kappa shape index (κ3) is 4.93. The number of pyridine rings is 1. The molecule has 114 valence electrons. The molecule has 1 N–H and O–H groups in total. The largest absolute Gasteiger partial charge is 0.314 e. The predicted molar refractivity (Wildman–Crippen MR) is 83.9 cm³/mol. The lowest BCUT2D eigenvalue weighted by Gasteiger charge is -2.24. The molecule has 0 aromatic carbocycles. The molecule has 2 rings (SSSR count). The van der Waals surface area contributed by atoms with Gasteiger partial charge in [0.2, 0.25) is 0 Å². The molecule has 0 unspecified atom stereocenters. The minimum atomic E-state index is 0.451. The Morgan fingerprint density at radius 2 is 2.10 bits per heavy atom. The number of aryl methyl sites for hydroxylation is 1. The van der Waals surface area contributed by atoms with Gasteiger partial charge in [-0.05, 0) is 30.9 Å². The molecule has 0 saturated carbocycles. The minimum Gasteiger partial charge on any atom is -0.314 e. The summed E-state index contributed by atoms with van der Waals surface area (Å²) in [5, 5.41) is 7.76. The number of aromatic nitrogens is 4. The fourth-order valence-corrected chi connectivity index (χ4v) is 2.44. The first-order chi connectivity index (χ1) is 10.2. The minimum absolute atomic E-state index is 0.451. The second-order valence-corrected chi connectivity index (χ2v) is 5.89. The quantitative estimate of drug-likeness (QED) is 0.810. The van der Waals surface area contributed by atoms with Crippen LogP contribution in [0.1, 0.15) is 38.7 Å². The van der Waals surface area contributed by atoms with Crippen molar-refractivity contribution >= 4 is 0 Å². The van der Waals surface area contributed by atoms with Crippen LogP contribution in [0.5, 0.6) is 0 Å². The van der Waals surface area contributed by atoms with E-state index in [1.54, 1.807) is 12.7 Å². The summed E-state index contributed by atoms with van der Waals surface area (Å²) in [7, 11) is 0. The van der Waals surface area contributed by atoms with Crippen molar-refractivity contribution in [3.05, 3.63) is 42.7 Å². The van der Waals surface area contributed by atoms with E-state index >= 15 is 0 Å². The zero-order valence-corrected chi connectivity index (χ0v) is 13.1. The Balaban J connectivity index is 1.81. The van der Waals surface area contributed by atoms with Crippen molar-refractivity contribution in [2.45, 2.75) is 45.7 Å². The molecule has 0 bridgehead atoms. The standard InChI is InChI=1S/C16H25N5/c1-13(2)16(15-5-4-7-17-9-15)10-19-14(3)6-8-21-12-18-11-20-21/h4-5,7,9,11-14,16,19H,6,8,10H2,1-3H3/t14-,16+/m0/s1. The van der Waals surface area contributed by atoms with Crippen molar-refractivity contribution in [2.24, 2.45) is 5.92 Å². The Kier molecular flexibility index (Phi) is 5.87. The van der Waals surface area contributed by atoms with Gasteiger partial charge in [0.15, 0.2) is 0 Å². The van der Waals surface area contributed by atoms with Gasteiger partial charge < -0.3 is 5.32 Å². The maximum absolute atomic E-state index is 4.24. The molecule has 0 radical (unpaired) electrons. The van der Waals surface area contributed by atoms with Crippen LogP contribution < -0.4 is 5.32 Å². The van der Waals surface area contributed by atoms with E-state index in [0.717, 1.165) is 19.5 Å². The molecule has 5 heteroatoms. The van der Waals surface area contributed by atoms with E-state index in [0.29, 0.717) is 17.9 Å². The van der Waals surface area contributed by atoms with Crippen LogP contribution in [0.3, 0.4) is 0 Å². The average Bonchev–Trinajstić information content (AvgIpc) is 2.99. The zero-order valence-electron chi connectivity index (χ0n) is 13.1. The van der Waals surface area contributed by atoms with Gasteiger partial charge in [0.1, 0.15) is 12.7 Å². The van der Waals surface area contributed by atoms with Gasteiger partial charge in [0, 0.05) is 37.4 Å². The molecule has 0 aliphatic rings. The summed E-state index contributed by atoms with van der Waals surface area (Å²) in [5.41, 5.74) is 1.31. The van der Waals surface area contributed by atoms with E-state index < -0.39 is 0 Å². The van der Waals surface area contributed by atoms with E-state index in [1.165, 1.54) is 5.56 Å². The highest BCUT2D eigenvalue weighted by Crippen LogP contribution is 2.22. The van der Waals surface area contributed by atoms with E-state index in [4.69, 9.17) is 0 Å². The van der Waals surface area contributed by atoms with Crippen LogP contribution in [0, 0.1) is 5.92 Å². The first-order valence-corrected chi connectivity index (χ1v) is 7.62. The first-order valence-electron chi connectivity index (χ1n) is 7.62. The average molecular weight is 287 g/mol. The number of hydrogen-bond donors (Lipinski definition) is 1. The Bertz CT molecular complexity index is 495. The normalized spacial score (nSPS) is 14.3. The second-order valence-electron chi connectivity index (χ2n) is 5.89.